The lowest BCUT2D eigenvalue weighted by Crippen LogP contribution is -2.48. The Bertz CT molecular complexity index is 1370. The van der Waals surface area contributed by atoms with Crippen LogP contribution >= 0.6 is 0 Å². The molecule has 0 saturated carbocycles. The highest BCUT2D eigenvalue weighted by Gasteiger charge is 2.27. The van der Waals surface area contributed by atoms with E-state index in [0.717, 1.165) is 55.9 Å². The molecule has 0 spiro atoms. The SMILES string of the molecule is Cc1cccc(N2CCN(c3c4c(nc5cc(-c6cccc(F)c6)nn35)CCCC4)CC2)c1C. The molecule has 0 radical (unpaired) electrons. The topological polar surface area (TPSA) is 36.7 Å². The number of hydrogen-bond donors (Lipinski definition) is 0. The molecule has 0 atom stereocenters. The summed E-state index contributed by atoms with van der Waals surface area (Å²) >= 11 is 0. The summed E-state index contributed by atoms with van der Waals surface area (Å²) in [6.45, 7) is 8.23. The van der Waals surface area contributed by atoms with Crippen LogP contribution in [0.5, 0.6) is 0 Å². The molecular formula is C28H30FN5. The highest BCUT2D eigenvalue weighted by molar-refractivity contribution is 5.68. The summed E-state index contributed by atoms with van der Waals surface area (Å²) in [4.78, 5) is 9.99. The fourth-order valence-electron chi connectivity index (χ4n) is 5.48. The van der Waals surface area contributed by atoms with Crippen molar-refractivity contribution in [1.29, 1.82) is 0 Å². The average molecular weight is 456 g/mol. The molecule has 6 rings (SSSR count). The zero-order chi connectivity index (χ0) is 23.2. The normalized spacial score (nSPS) is 16.2. The van der Waals surface area contributed by atoms with Crippen LogP contribution in [0.3, 0.4) is 0 Å². The van der Waals surface area contributed by atoms with Crippen molar-refractivity contribution in [2.75, 3.05) is 36.0 Å². The highest BCUT2D eigenvalue weighted by atomic mass is 19.1. The monoisotopic (exact) mass is 455 g/mol. The van der Waals surface area contributed by atoms with Crippen LogP contribution in [0.2, 0.25) is 0 Å². The van der Waals surface area contributed by atoms with Gasteiger partial charge in [-0.3, -0.25) is 0 Å². The van der Waals surface area contributed by atoms with Crippen LogP contribution in [0.15, 0.2) is 48.5 Å². The number of aromatic nitrogens is 3. The van der Waals surface area contributed by atoms with Gasteiger partial charge in [0.15, 0.2) is 5.65 Å². The van der Waals surface area contributed by atoms with Crippen molar-refractivity contribution < 1.29 is 4.39 Å². The number of anilines is 2. The van der Waals surface area contributed by atoms with E-state index in [1.54, 1.807) is 12.1 Å². The van der Waals surface area contributed by atoms with Crippen LogP contribution < -0.4 is 9.80 Å². The van der Waals surface area contributed by atoms with Crippen LogP contribution in [0, 0.1) is 19.7 Å². The van der Waals surface area contributed by atoms with Crippen LogP contribution in [-0.2, 0) is 12.8 Å². The Morgan fingerprint density at radius 2 is 1.62 bits per heavy atom. The Labute approximate surface area is 199 Å². The minimum absolute atomic E-state index is 0.246. The van der Waals surface area contributed by atoms with Gasteiger partial charge in [0.05, 0.1) is 5.69 Å². The summed E-state index contributed by atoms with van der Waals surface area (Å²) in [5, 5.41) is 4.94. The van der Waals surface area contributed by atoms with Crippen molar-refractivity contribution in [2.45, 2.75) is 39.5 Å². The molecule has 4 aromatic rings. The molecule has 1 aliphatic heterocycles. The zero-order valence-corrected chi connectivity index (χ0v) is 19.9. The third kappa shape index (κ3) is 3.61. The third-order valence-corrected chi connectivity index (χ3v) is 7.47. The van der Waals surface area contributed by atoms with Gasteiger partial charge in [-0.05, 0) is 68.9 Å². The number of halogens is 1. The molecule has 0 bridgehead atoms. The van der Waals surface area contributed by atoms with Gasteiger partial charge in [0.25, 0.3) is 0 Å². The molecule has 2 aromatic carbocycles. The molecule has 5 nitrogen and oxygen atoms in total. The van der Waals surface area contributed by atoms with Gasteiger partial charge in [0.1, 0.15) is 11.6 Å². The Hall–Kier alpha value is -3.41. The molecule has 2 aromatic heterocycles. The van der Waals surface area contributed by atoms with Gasteiger partial charge in [0.2, 0.25) is 0 Å². The summed E-state index contributed by atoms with van der Waals surface area (Å²) in [6.07, 6.45) is 4.43. The predicted octanol–water partition coefficient (Wildman–Crippen LogP) is 5.36. The first-order valence-electron chi connectivity index (χ1n) is 12.3. The zero-order valence-electron chi connectivity index (χ0n) is 19.9. The Morgan fingerprint density at radius 3 is 2.44 bits per heavy atom. The van der Waals surface area contributed by atoms with E-state index in [1.165, 1.54) is 52.8 Å². The standard InChI is InChI=1S/C28H30FN5/c1-19-7-5-12-26(20(19)2)32-13-15-33(16-14-32)28-23-10-3-4-11-24(23)30-27-18-25(31-34(27)28)21-8-6-9-22(29)17-21/h5-9,12,17-18H,3-4,10-11,13-16H2,1-2H3. The minimum atomic E-state index is -0.246. The maximum Gasteiger partial charge on any atom is 0.158 e. The number of benzene rings is 2. The minimum Gasteiger partial charge on any atom is -0.368 e. The van der Waals surface area contributed by atoms with E-state index >= 15 is 0 Å². The quantitative estimate of drug-likeness (QED) is 0.417. The lowest BCUT2D eigenvalue weighted by atomic mass is 9.96. The van der Waals surface area contributed by atoms with Gasteiger partial charge in [0, 0.05) is 54.8 Å². The van der Waals surface area contributed by atoms with E-state index in [-0.39, 0.29) is 5.82 Å². The number of nitrogens with zero attached hydrogens (tertiary/aromatic N) is 5. The lowest BCUT2D eigenvalue weighted by Gasteiger charge is -2.39. The highest BCUT2D eigenvalue weighted by Crippen LogP contribution is 2.33. The van der Waals surface area contributed by atoms with Crippen molar-refractivity contribution >= 4 is 17.2 Å². The van der Waals surface area contributed by atoms with Gasteiger partial charge in [-0.1, -0.05) is 24.3 Å². The molecule has 3 heterocycles. The second-order valence-corrected chi connectivity index (χ2v) is 9.57. The van der Waals surface area contributed by atoms with Gasteiger partial charge in [-0.15, -0.1) is 0 Å². The Morgan fingerprint density at radius 1 is 0.853 bits per heavy atom. The second kappa shape index (κ2) is 8.42. The van der Waals surface area contributed by atoms with E-state index in [0.29, 0.717) is 0 Å². The summed E-state index contributed by atoms with van der Waals surface area (Å²) in [5.74, 6) is 0.938. The molecule has 34 heavy (non-hydrogen) atoms. The number of aryl methyl sites for hydroxylation is 2. The van der Waals surface area contributed by atoms with E-state index in [4.69, 9.17) is 10.1 Å². The smallest absolute Gasteiger partial charge is 0.158 e. The Kier molecular flexibility index (Phi) is 5.24. The number of fused-ring (bicyclic) bond motifs is 2. The van der Waals surface area contributed by atoms with E-state index < -0.39 is 0 Å². The van der Waals surface area contributed by atoms with Crippen LogP contribution in [0.25, 0.3) is 16.9 Å². The average Bonchev–Trinajstić information content (AvgIpc) is 3.28. The maximum atomic E-state index is 13.9. The van der Waals surface area contributed by atoms with Crippen LogP contribution in [0.4, 0.5) is 15.9 Å². The summed E-state index contributed by atoms with van der Waals surface area (Å²) in [5.41, 5.74) is 9.00. The van der Waals surface area contributed by atoms with Crippen LogP contribution in [-0.4, -0.2) is 40.8 Å². The van der Waals surface area contributed by atoms with Crippen molar-refractivity contribution in [3.05, 3.63) is 76.7 Å². The molecule has 1 aliphatic carbocycles. The van der Waals surface area contributed by atoms with E-state index in [1.807, 2.05) is 16.6 Å². The van der Waals surface area contributed by atoms with Crippen LogP contribution in [0.1, 0.15) is 35.2 Å². The molecule has 0 unspecified atom stereocenters. The number of rotatable bonds is 3. The molecule has 174 valence electrons. The van der Waals surface area contributed by atoms with Crippen molar-refractivity contribution in [1.82, 2.24) is 14.6 Å². The first-order valence-corrected chi connectivity index (χ1v) is 12.3. The maximum absolute atomic E-state index is 13.9. The molecule has 1 saturated heterocycles. The Balaban J connectivity index is 1.38. The summed E-state index contributed by atoms with van der Waals surface area (Å²) < 4.78 is 15.9. The number of hydrogen-bond acceptors (Lipinski definition) is 4. The van der Waals surface area contributed by atoms with E-state index in [2.05, 4.69) is 41.8 Å². The van der Waals surface area contributed by atoms with Gasteiger partial charge >= 0.3 is 0 Å². The lowest BCUT2D eigenvalue weighted by molar-refractivity contribution is 0.614. The van der Waals surface area contributed by atoms with Gasteiger partial charge < -0.3 is 9.80 Å². The summed E-state index contributed by atoms with van der Waals surface area (Å²) in [7, 11) is 0. The molecule has 0 N–H and O–H groups in total. The molecule has 0 amide bonds. The molecule has 6 heteroatoms. The van der Waals surface area contributed by atoms with Crippen molar-refractivity contribution in [2.24, 2.45) is 0 Å². The first kappa shape index (κ1) is 21.1. The predicted molar refractivity (Wildman–Crippen MR) is 135 cm³/mol. The molecular weight excluding hydrogens is 425 g/mol. The first-order chi connectivity index (χ1) is 16.6. The summed E-state index contributed by atoms with van der Waals surface area (Å²) in [6, 6.07) is 15.2. The second-order valence-electron chi connectivity index (χ2n) is 9.57. The fraction of sp³-hybridized carbons (Fsp3) is 0.357. The van der Waals surface area contributed by atoms with Crippen molar-refractivity contribution in [3.8, 4) is 11.3 Å². The van der Waals surface area contributed by atoms with Gasteiger partial charge in [-0.25, -0.2) is 9.37 Å². The fourth-order valence-corrected chi connectivity index (χ4v) is 5.48. The molecule has 2 aliphatic rings. The van der Waals surface area contributed by atoms with Crippen molar-refractivity contribution in [3.63, 3.8) is 0 Å². The number of piperazine rings is 1. The third-order valence-electron chi connectivity index (χ3n) is 7.47. The van der Waals surface area contributed by atoms with E-state index in [9.17, 15) is 4.39 Å². The van der Waals surface area contributed by atoms with Gasteiger partial charge in [-0.2, -0.15) is 9.61 Å². The molecule has 1 fully saturated rings. The largest absolute Gasteiger partial charge is 0.368 e.